The summed E-state index contributed by atoms with van der Waals surface area (Å²) in [5.74, 6) is 11.5. The number of para-hydroxylation sites is 6. The van der Waals surface area contributed by atoms with Crippen LogP contribution in [0.5, 0.6) is 92.0 Å². The van der Waals surface area contributed by atoms with Gasteiger partial charge in [-0.25, -0.2) is 0 Å². The Balaban J connectivity index is 0.000000124. The molecule has 8 nitrogen and oxygen atoms in total. The second-order valence-electron chi connectivity index (χ2n) is 19.1. The Bertz CT molecular complexity index is 4190. The molecule has 0 spiro atoms. The highest BCUT2D eigenvalue weighted by Crippen LogP contribution is 2.69. The summed E-state index contributed by atoms with van der Waals surface area (Å²) < 4.78 is 52.6. The summed E-state index contributed by atoms with van der Waals surface area (Å²) >= 11 is 26.8. The Morgan fingerprint density at radius 1 is 0.197 bits per heavy atom. The van der Waals surface area contributed by atoms with E-state index in [0.29, 0.717) is 23.0 Å². The van der Waals surface area contributed by atoms with Crippen molar-refractivity contribution in [2.45, 2.75) is 0 Å². The third-order valence-electron chi connectivity index (χ3n) is 15.1. The topological polar surface area (TPSA) is 73.8 Å². The van der Waals surface area contributed by atoms with Gasteiger partial charge in [0.05, 0.1) is 45.4 Å². The van der Waals surface area contributed by atoms with E-state index in [4.69, 9.17) is 85.1 Å². The maximum Gasteiger partial charge on any atom is 0.183 e. The van der Waals surface area contributed by atoms with Crippen LogP contribution in [-0.2, 0) is 47.2 Å². The molecule has 8 heterocycles. The molecular formula is C60H32O8P4S4. The SMILES string of the molecule is S=P12c3ccccc3Oc3c4c5c(c(c31)Oc1ccccc12)Oc1ccccc1P5(=S)c1ccccc1O4.S=P12c3ccccc3Oc3cccc(c31)Oc1cc3c(cc12)Oc1cccc2c1P3(=S)c1ccccc1O2. The number of hydrogen-bond donors (Lipinski definition) is 0. The van der Waals surface area contributed by atoms with Gasteiger partial charge >= 0.3 is 0 Å². The van der Waals surface area contributed by atoms with Gasteiger partial charge in [0.25, 0.3) is 0 Å². The Labute approximate surface area is 455 Å². The Kier molecular flexibility index (Phi) is 9.01. The van der Waals surface area contributed by atoms with Crippen LogP contribution in [0.15, 0.2) is 194 Å². The van der Waals surface area contributed by atoms with Gasteiger partial charge in [-0.2, -0.15) is 0 Å². The molecule has 10 aromatic carbocycles. The van der Waals surface area contributed by atoms with Crippen molar-refractivity contribution in [1.29, 1.82) is 0 Å². The minimum atomic E-state index is -2.59. The van der Waals surface area contributed by atoms with Crippen molar-refractivity contribution >= 4 is 135 Å². The summed E-state index contributed by atoms with van der Waals surface area (Å²) in [6, 6.07) is 54.2. The van der Waals surface area contributed by atoms with E-state index in [9.17, 15) is 0 Å². The fourth-order valence-electron chi connectivity index (χ4n) is 12.0. The summed E-state index contributed by atoms with van der Waals surface area (Å²) in [6.07, 6.45) is 0. The second kappa shape index (κ2) is 15.4. The van der Waals surface area contributed by atoms with Gasteiger partial charge in [0.1, 0.15) is 69.0 Å². The second-order valence-corrected chi connectivity index (χ2v) is 36.2. The van der Waals surface area contributed by atoms with Gasteiger partial charge in [0.2, 0.25) is 0 Å². The highest BCUT2D eigenvalue weighted by atomic mass is 32.5. The molecular weight excluding hydrogens is 1100 g/mol. The lowest BCUT2D eigenvalue weighted by atomic mass is 10.2. The molecule has 0 aromatic heterocycles. The lowest BCUT2D eigenvalue weighted by Crippen LogP contribution is -2.40. The largest absolute Gasteiger partial charge is 0.456 e. The van der Waals surface area contributed by atoms with Crippen molar-refractivity contribution in [3.63, 3.8) is 0 Å². The molecule has 0 bridgehead atoms. The molecule has 0 aliphatic carbocycles. The van der Waals surface area contributed by atoms with Crippen molar-refractivity contribution in [1.82, 2.24) is 0 Å². The predicted octanol–water partition coefficient (Wildman–Crippen LogP) is 11.2. The summed E-state index contributed by atoms with van der Waals surface area (Å²) in [6.45, 7) is 0. The van der Waals surface area contributed by atoms with Crippen LogP contribution in [0.4, 0.5) is 0 Å². The molecule has 8 aliphatic heterocycles. The maximum absolute atomic E-state index is 6.72. The van der Waals surface area contributed by atoms with Crippen molar-refractivity contribution in [3.05, 3.63) is 194 Å². The highest BCUT2D eigenvalue weighted by molar-refractivity contribution is 8.27. The van der Waals surface area contributed by atoms with E-state index in [2.05, 4.69) is 48.5 Å². The molecule has 10 aromatic rings. The summed E-state index contributed by atoms with van der Waals surface area (Å²) in [4.78, 5) is 0. The molecule has 16 heteroatoms. The van der Waals surface area contributed by atoms with Crippen molar-refractivity contribution in [3.8, 4) is 92.0 Å². The fourth-order valence-corrected chi connectivity index (χ4v) is 29.8. The normalized spacial score (nSPS) is 19.4. The average Bonchev–Trinajstić information content (AvgIpc) is 3.46. The predicted molar refractivity (Wildman–Crippen MR) is 318 cm³/mol. The van der Waals surface area contributed by atoms with E-state index in [1.807, 2.05) is 146 Å². The van der Waals surface area contributed by atoms with Crippen molar-refractivity contribution in [2.75, 3.05) is 0 Å². The van der Waals surface area contributed by atoms with E-state index >= 15 is 0 Å². The first-order valence-corrected chi connectivity index (χ1v) is 35.5. The standard InChI is InChI=1S/2C30H16O4P2S2/c37-35-21-13-5-1-9-17(21)31-25-26-30-28(27(29(25)35)33-18-10-2-6-14-22(18)35)34-20-12-4-8-16-24(20)36(30,38)23-15-7-3-11-19(23)32-26;37-35-25-13-3-1-7-17(25)31-19-9-5-11-21(29(19)35)33-23-16-28-24(15-27(23)35)34-22-12-6-10-20-30(22)36(28,38)26-14-4-2-8-18(26)32-20/h2*1-16H. The van der Waals surface area contributed by atoms with Crippen LogP contribution in [0, 0.1) is 0 Å². The molecule has 364 valence electrons. The zero-order valence-electron chi connectivity index (χ0n) is 39.2. The molecule has 2 unspecified atom stereocenters. The summed E-state index contributed by atoms with van der Waals surface area (Å²) in [5.41, 5.74) is 0. The Hall–Kier alpha value is -6.80. The van der Waals surface area contributed by atoms with E-state index in [1.54, 1.807) is 0 Å². The summed E-state index contributed by atoms with van der Waals surface area (Å²) in [5, 5.41) is 11.5. The van der Waals surface area contributed by atoms with Crippen LogP contribution in [0.3, 0.4) is 0 Å². The monoisotopic (exact) mass is 1130 g/mol. The van der Waals surface area contributed by atoms with Crippen LogP contribution in [0.1, 0.15) is 0 Å². The number of rotatable bonds is 0. The number of ether oxygens (including phenoxy) is 8. The smallest absolute Gasteiger partial charge is 0.183 e. The Morgan fingerprint density at radius 2 is 0.408 bits per heavy atom. The van der Waals surface area contributed by atoms with Gasteiger partial charge in [-0.1, -0.05) is 132 Å². The van der Waals surface area contributed by atoms with Crippen LogP contribution < -0.4 is 102 Å². The quantitative estimate of drug-likeness (QED) is 0.136. The maximum atomic E-state index is 6.72. The highest BCUT2D eigenvalue weighted by Gasteiger charge is 2.53. The lowest BCUT2D eigenvalue weighted by molar-refractivity contribution is 0.399. The molecule has 0 N–H and O–H groups in total. The first kappa shape index (κ1) is 44.3. The van der Waals surface area contributed by atoms with Crippen LogP contribution in [-0.4, -0.2) is 0 Å². The van der Waals surface area contributed by atoms with E-state index in [-0.39, 0.29) is 0 Å². The number of hydrogen-bond acceptors (Lipinski definition) is 12. The molecule has 8 aliphatic rings. The first-order valence-electron chi connectivity index (χ1n) is 24.3. The first-order chi connectivity index (χ1) is 37.2. The van der Waals surface area contributed by atoms with Gasteiger partial charge in [-0.05, 0) is 109 Å². The van der Waals surface area contributed by atoms with Crippen LogP contribution in [0.25, 0.3) is 0 Å². The van der Waals surface area contributed by atoms with Gasteiger partial charge in [-0.3, -0.25) is 0 Å². The molecule has 0 radical (unpaired) electrons. The molecule has 18 rings (SSSR count). The minimum absolute atomic E-state index is 0.599. The van der Waals surface area contributed by atoms with E-state index in [1.165, 1.54) is 0 Å². The van der Waals surface area contributed by atoms with Crippen LogP contribution >= 0.6 is 24.2 Å². The zero-order valence-corrected chi connectivity index (χ0v) is 46.0. The van der Waals surface area contributed by atoms with Crippen molar-refractivity contribution < 1.29 is 37.9 Å². The molecule has 0 amide bonds. The molecule has 76 heavy (non-hydrogen) atoms. The van der Waals surface area contributed by atoms with Crippen molar-refractivity contribution in [2.24, 2.45) is 0 Å². The Morgan fingerprint density at radius 3 is 0.684 bits per heavy atom. The number of fused-ring (bicyclic) bond motifs is 18. The van der Waals surface area contributed by atoms with Gasteiger partial charge in [-0.15, -0.1) is 0 Å². The fraction of sp³-hybridized carbons (Fsp3) is 0. The van der Waals surface area contributed by atoms with Gasteiger partial charge < -0.3 is 37.9 Å². The average molecular weight is 1130 g/mol. The van der Waals surface area contributed by atoms with Crippen LogP contribution in [0.2, 0.25) is 0 Å². The zero-order chi connectivity index (χ0) is 50.5. The summed E-state index contributed by atoms with van der Waals surface area (Å²) in [7, 11) is 0. The minimum Gasteiger partial charge on any atom is -0.456 e. The number of benzene rings is 10. The molecule has 0 saturated carbocycles. The third-order valence-corrected chi connectivity index (χ3v) is 34.6. The van der Waals surface area contributed by atoms with E-state index < -0.39 is 24.2 Å². The van der Waals surface area contributed by atoms with E-state index in [0.717, 1.165) is 133 Å². The molecule has 2 atom stereocenters. The molecule has 0 saturated heterocycles. The third kappa shape index (κ3) is 5.51. The van der Waals surface area contributed by atoms with Gasteiger partial charge in [0.15, 0.2) is 23.0 Å². The molecule has 0 fully saturated rings. The van der Waals surface area contributed by atoms with Gasteiger partial charge in [0, 0.05) is 42.4 Å². The lowest BCUT2D eigenvalue weighted by Gasteiger charge is -2.43.